The van der Waals surface area contributed by atoms with Crippen molar-refractivity contribution in [3.63, 3.8) is 0 Å². The van der Waals surface area contributed by atoms with Crippen LogP contribution >= 0.6 is 22.6 Å². The number of rotatable bonds is 7. The molecule has 0 saturated heterocycles. The number of nitriles is 1. The smallest absolute Gasteiger partial charge is 0.258 e. The number of benzene rings is 3. The van der Waals surface area contributed by atoms with E-state index in [0.717, 1.165) is 6.07 Å². The van der Waals surface area contributed by atoms with Gasteiger partial charge in [0, 0.05) is 27.6 Å². The first-order valence-corrected chi connectivity index (χ1v) is 11.8. The Kier molecular flexibility index (Phi) is 7.47. The Morgan fingerprint density at radius 2 is 1.57 bits per heavy atom. The zero-order chi connectivity index (χ0) is 24.8. The van der Waals surface area contributed by atoms with Gasteiger partial charge in [-0.2, -0.15) is 5.26 Å². The van der Waals surface area contributed by atoms with Gasteiger partial charge in [0.2, 0.25) is 0 Å². The summed E-state index contributed by atoms with van der Waals surface area (Å²) in [5, 5.41) is 17.9. The molecule has 174 valence electrons. The zero-order valence-electron chi connectivity index (χ0n) is 18.0. The molecule has 1 amide bonds. The van der Waals surface area contributed by atoms with E-state index in [0.29, 0.717) is 38.7 Å². The molecule has 7 nitrogen and oxygen atoms in total. The maximum Gasteiger partial charge on any atom is 0.258 e. The van der Waals surface area contributed by atoms with Crippen LogP contribution in [0.1, 0.15) is 21.5 Å². The van der Waals surface area contributed by atoms with Crippen molar-refractivity contribution in [3.8, 4) is 6.07 Å². The predicted molar refractivity (Wildman–Crippen MR) is 138 cm³/mol. The Bertz CT molecular complexity index is 1440. The molecule has 0 atom stereocenters. The Balaban J connectivity index is 1.47. The quantitative estimate of drug-likeness (QED) is 0.175. The van der Waals surface area contributed by atoms with Gasteiger partial charge in [-0.1, -0.05) is 28.7 Å². The van der Waals surface area contributed by atoms with E-state index >= 15 is 0 Å². The van der Waals surface area contributed by atoms with Crippen molar-refractivity contribution in [2.24, 2.45) is 0 Å². The summed E-state index contributed by atoms with van der Waals surface area (Å²) in [5.74, 6) is -0.665. The van der Waals surface area contributed by atoms with Crippen LogP contribution < -0.4 is 16.0 Å². The lowest BCUT2D eigenvalue weighted by molar-refractivity contribution is 0.102. The molecule has 0 radical (unpaired) electrons. The molecule has 1 heterocycles. The van der Waals surface area contributed by atoms with Crippen LogP contribution in [0.2, 0.25) is 0 Å². The maximum atomic E-state index is 14.1. The number of halogens is 3. The minimum absolute atomic E-state index is 0.186. The normalized spacial score (nSPS) is 10.3. The minimum atomic E-state index is -0.719. The van der Waals surface area contributed by atoms with E-state index in [1.165, 1.54) is 24.5 Å². The SMILES string of the molecule is N#Cc1ccc(F)c(C(=O)Nc2cccc(Nc3cc(Nc4ccc(F)c(CI)c4)ncn3)c2)c1. The van der Waals surface area contributed by atoms with Gasteiger partial charge in [0.15, 0.2) is 0 Å². The Labute approximate surface area is 213 Å². The average molecular weight is 582 g/mol. The van der Waals surface area contributed by atoms with E-state index < -0.39 is 11.7 Å². The second kappa shape index (κ2) is 10.9. The van der Waals surface area contributed by atoms with E-state index in [9.17, 15) is 13.6 Å². The van der Waals surface area contributed by atoms with Gasteiger partial charge in [-0.05, 0) is 60.2 Å². The van der Waals surface area contributed by atoms with E-state index in [1.54, 1.807) is 42.5 Å². The number of hydrogen-bond acceptors (Lipinski definition) is 6. The summed E-state index contributed by atoms with van der Waals surface area (Å²) >= 11 is 2.10. The second-order valence-corrected chi connectivity index (χ2v) is 8.08. The van der Waals surface area contributed by atoms with Crippen LogP contribution in [0.3, 0.4) is 0 Å². The fourth-order valence-electron chi connectivity index (χ4n) is 3.19. The van der Waals surface area contributed by atoms with Gasteiger partial charge in [0.25, 0.3) is 5.91 Å². The Hall–Kier alpha value is -4.11. The summed E-state index contributed by atoms with van der Waals surface area (Å²) in [6.07, 6.45) is 1.38. The lowest BCUT2D eigenvalue weighted by Crippen LogP contribution is -2.14. The molecule has 0 fully saturated rings. The summed E-state index contributed by atoms with van der Waals surface area (Å²) in [5.41, 5.74) is 2.28. The van der Waals surface area contributed by atoms with Crippen molar-refractivity contribution in [3.05, 3.63) is 101 Å². The maximum absolute atomic E-state index is 14.1. The highest BCUT2D eigenvalue weighted by atomic mass is 127. The van der Waals surface area contributed by atoms with Crippen LogP contribution in [0.25, 0.3) is 0 Å². The van der Waals surface area contributed by atoms with Crippen LogP contribution in [-0.4, -0.2) is 15.9 Å². The standard InChI is InChI=1S/C25H17F2IN6O/c26-21-7-5-19(9-16(21)12-28)33-24-11-23(30-14-31-24)32-17-2-1-3-18(10-17)34-25(35)20-8-15(13-29)4-6-22(20)27/h1-11,14H,12H2,(H,34,35)(H2,30,31,32,33). The number of amides is 1. The van der Waals surface area contributed by atoms with Gasteiger partial charge >= 0.3 is 0 Å². The van der Waals surface area contributed by atoms with Crippen molar-refractivity contribution in [1.82, 2.24) is 9.97 Å². The molecule has 0 saturated carbocycles. The monoisotopic (exact) mass is 582 g/mol. The van der Waals surface area contributed by atoms with Crippen LogP contribution in [0, 0.1) is 23.0 Å². The lowest BCUT2D eigenvalue weighted by Gasteiger charge is -2.11. The molecular formula is C25H17F2IN6O. The number of nitrogens with zero attached hydrogens (tertiary/aromatic N) is 3. The molecule has 35 heavy (non-hydrogen) atoms. The Morgan fingerprint density at radius 1 is 0.886 bits per heavy atom. The summed E-state index contributed by atoms with van der Waals surface area (Å²) in [6, 6.07) is 18.7. The molecular weight excluding hydrogens is 565 g/mol. The zero-order valence-corrected chi connectivity index (χ0v) is 20.2. The molecule has 0 bridgehead atoms. The third-order valence-electron chi connectivity index (χ3n) is 4.86. The van der Waals surface area contributed by atoms with Crippen LogP contribution in [0.5, 0.6) is 0 Å². The fraction of sp³-hybridized carbons (Fsp3) is 0.0400. The Morgan fingerprint density at radius 3 is 2.29 bits per heavy atom. The molecule has 1 aromatic heterocycles. The molecule has 3 N–H and O–H groups in total. The van der Waals surface area contributed by atoms with Crippen molar-refractivity contribution in [1.29, 1.82) is 5.26 Å². The second-order valence-electron chi connectivity index (χ2n) is 7.32. The first-order chi connectivity index (χ1) is 16.9. The average Bonchev–Trinajstić information content (AvgIpc) is 2.86. The largest absolute Gasteiger partial charge is 0.340 e. The highest BCUT2D eigenvalue weighted by Crippen LogP contribution is 2.24. The number of nitrogens with one attached hydrogen (secondary N) is 3. The van der Waals surface area contributed by atoms with E-state index in [-0.39, 0.29) is 16.9 Å². The van der Waals surface area contributed by atoms with E-state index in [1.807, 2.05) is 6.07 Å². The molecule has 10 heteroatoms. The number of hydrogen-bond donors (Lipinski definition) is 3. The van der Waals surface area contributed by atoms with Gasteiger partial charge in [-0.25, -0.2) is 18.7 Å². The van der Waals surface area contributed by atoms with Gasteiger partial charge in [-0.3, -0.25) is 4.79 Å². The van der Waals surface area contributed by atoms with E-state index in [2.05, 4.69) is 48.5 Å². The number of anilines is 5. The topological polar surface area (TPSA) is 103 Å². The van der Waals surface area contributed by atoms with Crippen molar-refractivity contribution >= 4 is 57.2 Å². The third-order valence-corrected chi connectivity index (χ3v) is 5.68. The van der Waals surface area contributed by atoms with Crippen molar-refractivity contribution in [2.75, 3.05) is 16.0 Å². The highest BCUT2D eigenvalue weighted by Gasteiger charge is 2.13. The van der Waals surface area contributed by atoms with Crippen LogP contribution in [0.15, 0.2) is 73.1 Å². The molecule has 4 aromatic rings. The fourth-order valence-corrected chi connectivity index (χ4v) is 3.77. The summed E-state index contributed by atoms with van der Waals surface area (Å²) in [7, 11) is 0. The summed E-state index contributed by atoms with van der Waals surface area (Å²) < 4.78 is 28.4. The minimum Gasteiger partial charge on any atom is -0.340 e. The molecule has 4 rings (SSSR count). The molecule has 0 aliphatic heterocycles. The van der Waals surface area contributed by atoms with Crippen LogP contribution in [0.4, 0.5) is 37.5 Å². The molecule has 0 unspecified atom stereocenters. The predicted octanol–water partition coefficient (Wildman–Crippen LogP) is 6.30. The van der Waals surface area contributed by atoms with Gasteiger partial charge in [0.05, 0.1) is 17.2 Å². The van der Waals surface area contributed by atoms with Gasteiger partial charge in [0.1, 0.15) is 29.6 Å². The molecule has 0 aliphatic carbocycles. The number of alkyl halides is 1. The van der Waals surface area contributed by atoms with Gasteiger partial charge < -0.3 is 16.0 Å². The first kappa shape index (κ1) is 24.0. The summed E-state index contributed by atoms with van der Waals surface area (Å²) in [4.78, 5) is 20.9. The van der Waals surface area contributed by atoms with Gasteiger partial charge in [-0.15, -0.1) is 0 Å². The molecule has 0 aliphatic rings. The number of carbonyl (C=O) groups excluding carboxylic acids is 1. The highest BCUT2D eigenvalue weighted by molar-refractivity contribution is 14.1. The molecule has 0 spiro atoms. The van der Waals surface area contributed by atoms with E-state index in [4.69, 9.17) is 5.26 Å². The van der Waals surface area contributed by atoms with Crippen molar-refractivity contribution < 1.29 is 13.6 Å². The number of aromatic nitrogens is 2. The lowest BCUT2D eigenvalue weighted by atomic mass is 10.1. The third kappa shape index (κ3) is 6.07. The number of carbonyl (C=O) groups is 1. The molecule has 3 aromatic carbocycles. The summed E-state index contributed by atoms with van der Waals surface area (Å²) in [6.45, 7) is 0. The van der Waals surface area contributed by atoms with Crippen molar-refractivity contribution in [2.45, 2.75) is 4.43 Å². The van der Waals surface area contributed by atoms with Crippen LogP contribution in [-0.2, 0) is 4.43 Å². The first-order valence-electron chi connectivity index (χ1n) is 10.3.